The largest absolute Gasteiger partial charge is 0.573 e. The molecule has 1 N–H and O–H groups in total. The first-order valence-electron chi connectivity index (χ1n) is 5.71. The summed E-state index contributed by atoms with van der Waals surface area (Å²) in [5.41, 5.74) is 0.330. The normalized spacial score (nSPS) is 11.9. The Labute approximate surface area is 111 Å². The van der Waals surface area contributed by atoms with Gasteiger partial charge >= 0.3 is 12.3 Å². The Bertz CT molecular complexity index is 634. The lowest BCUT2D eigenvalue weighted by Crippen LogP contribution is -2.17. The second kappa shape index (κ2) is 5.03. The number of hydrogen-bond acceptors (Lipinski definition) is 4. The van der Waals surface area contributed by atoms with E-state index in [1.165, 1.54) is 6.07 Å². The number of nitrogens with zero attached hydrogens (tertiary/aromatic N) is 1. The lowest BCUT2D eigenvalue weighted by molar-refractivity contribution is -0.274. The van der Waals surface area contributed by atoms with E-state index in [-0.39, 0.29) is 17.2 Å². The Balaban J connectivity index is 2.37. The quantitative estimate of drug-likeness (QED) is 0.882. The van der Waals surface area contributed by atoms with Crippen LogP contribution in [0.25, 0.3) is 10.9 Å². The average Bonchev–Trinajstić information content (AvgIpc) is 2.68. The number of alkyl halides is 3. The SMILES string of the molecule is CC(C)OC(=O)c1n[nH]c2ccc(OC(F)(F)F)cc12. The summed E-state index contributed by atoms with van der Waals surface area (Å²) in [6, 6.07) is 3.56. The maximum absolute atomic E-state index is 12.2. The number of aromatic nitrogens is 2. The number of H-pyrrole nitrogens is 1. The van der Waals surface area contributed by atoms with Crippen LogP contribution in [-0.2, 0) is 4.74 Å². The molecule has 0 aliphatic rings. The third-order valence-electron chi connectivity index (χ3n) is 2.30. The van der Waals surface area contributed by atoms with Gasteiger partial charge in [-0.15, -0.1) is 13.2 Å². The molecule has 8 heteroatoms. The first-order chi connectivity index (χ1) is 9.26. The van der Waals surface area contributed by atoms with Crippen LogP contribution >= 0.6 is 0 Å². The highest BCUT2D eigenvalue weighted by Crippen LogP contribution is 2.27. The van der Waals surface area contributed by atoms with E-state index in [4.69, 9.17) is 4.74 Å². The van der Waals surface area contributed by atoms with Crippen molar-refractivity contribution in [3.63, 3.8) is 0 Å². The Kier molecular flexibility index (Phi) is 3.56. The predicted octanol–water partition coefficient (Wildman–Crippen LogP) is 3.03. The van der Waals surface area contributed by atoms with Gasteiger partial charge in [0.25, 0.3) is 0 Å². The molecule has 5 nitrogen and oxygen atoms in total. The van der Waals surface area contributed by atoms with Crippen LogP contribution < -0.4 is 4.74 Å². The molecule has 108 valence electrons. The number of carbonyl (C=O) groups is 1. The van der Waals surface area contributed by atoms with E-state index >= 15 is 0 Å². The zero-order valence-electron chi connectivity index (χ0n) is 10.6. The average molecular weight is 288 g/mol. The van der Waals surface area contributed by atoms with E-state index in [1.54, 1.807) is 13.8 Å². The van der Waals surface area contributed by atoms with Crippen molar-refractivity contribution in [2.75, 3.05) is 0 Å². The van der Waals surface area contributed by atoms with Gasteiger partial charge in [0, 0.05) is 5.39 Å². The molecule has 2 aromatic rings. The molecule has 0 radical (unpaired) electrons. The van der Waals surface area contributed by atoms with Crippen LogP contribution in [0.5, 0.6) is 5.75 Å². The zero-order valence-corrected chi connectivity index (χ0v) is 10.6. The van der Waals surface area contributed by atoms with Gasteiger partial charge in [0.15, 0.2) is 5.69 Å². The smallest absolute Gasteiger partial charge is 0.458 e. The molecule has 0 saturated carbocycles. The summed E-state index contributed by atoms with van der Waals surface area (Å²) in [7, 11) is 0. The summed E-state index contributed by atoms with van der Waals surface area (Å²) in [5, 5.41) is 6.50. The van der Waals surface area contributed by atoms with Crippen LogP contribution in [-0.4, -0.2) is 28.6 Å². The van der Waals surface area contributed by atoms with Crippen LogP contribution in [0.2, 0.25) is 0 Å². The molecule has 1 aromatic heterocycles. The lowest BCUT2D eigenvalue weighted by atomic mass is 10.2. The van der Waals surface area contributed by atoms with Crippen LogP contribution in [0.4, 0.5) is 13.2 Å². The Morgan fingerprint density at radius 3 is 2.65 bits per heavy atom. The number of hydrogen-bond donors (Lipinski definition) is 1. The standard InChI is InChI=1S/C12H11F3N2O3/c1-6(2)19-11(18)10-8-5-7(20-12(13,14)15)3-4-9(8)16-17-10/h3-6H,1-2H3,(H,16,17). The number of benzene rings is 1. The number of esters is 1. The predicted molar refractivity (Wildman–Crippen MR) is 63.3 cm³/mol. The van der Waals surface area contributed by atoms with E-state index in [0.717, 1.165) is 12.1 Å². The molecular formula is C12H11F3N2O3. The summed E-state index contributed by atoms with van der Waals surface area (Å²) in [6.07, 6.45) is -5.15. The van der Waals surface area contributed by atoms with Crippen LogP contribution in [0.15, 0.2) is 18.2 Å². The van der Waals surface area contributed by atoms with E-state index in [1.807, 2.05) is 0 Å². The molecule has 0 aliphatic carbocycles. The number of carbonyl (C=O) groups excluding carboxylic acids is 1. The number of nitrogens with one attached hydrogen (secondary N) is 1. The fourth-order valence-corrected chi connectivity index (χ4v) is 1.62. The van der Waals surface area contributed by atoms with Crippen molar-refractivity contribution in [3.05, 3.63) is 23.9 Å². The molecule has 0 amide bonds. The molecule has 0 aliphatic heterocycles. The van der Waals surface area contributed by atoms with Crippen molar-refractivity contribution >= 4 is 16.9 Å². The highest BCUT2D eigenvalue weighted by atomic mass is 19.4. The fourth-order valence-electron chi connectivity index (χ4n) is 1.62. The van der Waals surface area contributed by atoms with Crippen molar-refractivity contribution in [2.24, 2.45) is 0 Å². The molecule has 0 bridgehead atoms. The first kappa shape index (κ1) is 14.2. The highest BCUT2D eigenvalue weighted by Gasteiger charge is 2.31. The zero-order chi connectivity index (χ0) is 14.9. The monoisotopic (exact) mass is 288 g/mol. The van der Waals surface area contributed by atoms with Gasteiger partial charge in [-0.25, -0.2) is 4.79 Å². The maximum atomic E-state index is 12.2. The summed E-state index contributed by atoms with van der Waals surface area (Å²) >= 11 is 0. The van der Waals surface area contributed by atoms with E-state index in [9.17, 15) is 18.0 Å². The van der Waals surface area contributed by atoms with Crippen molar-refractivity contribution in [2.45, 2.75) is 26.3 Å². The Hall–Kier alpha value is -2.25. The topological polar surface area (TPSA) is 64.2 Å². The minimum absolute atomic E-state index is 0.0821. The molecule has 20 heavy (non-hydrogen) atoms. The molecule has 0 fully saturated rings. The van der Waals surface area contributed by atoms with Gasteiger partial charge in [0.05, 0.1) is 11.6 Å². The van der Waals surface area contributed by atoms with Crippen molar-refractivity contribution in [3.8, 4) is 5.75 Å². The third kappa shape index (κ3) is 3.19. The second-order valence-electron chi connectivity index (χ2n) is 4.28. The molecule has 2 rings (SSSR count). The number of aromatic amines is 1. The molecule has 1 heterocycles. The Morgan fingerprint density at radius 1 is 1.35 bits per heavy atom. The van der Waals surface area contributed by atoms with Gasteiger partial charge in [0.2, 0.25) is 0 Å². The molecule has 0 unspecified atom stereocenters. The minimum atomic E-state index is -4.80. The molecule has 1 aromatic carbocycles. The van der Waals surface area contributed by atoms with Crippen LogP contribution in [0.3, 0.4) is 0 Å². The minimum Gasteiger partial charge on any atom is -0.458 e. The van der Waals surface area contributed by atoms with Crippen molar-refractivity contribution < 1.29 is 27.4 Å². The third-order valence-corrected chi connectivity index (χ3v) is 2.30. The summed E-state index contributed by atoms with van der Waals surface area (Å²) in [5.74, 6) is -1.14. The molecule has 0 atom stereocenters. The van der Waals surface area contributed by atoms with Gasteiger partial charge < -0.3 is 9.47 Å². The second-order valence-corrected chi connectivity index (χ2v) is 4.28. The van der Waals surface area contributed by atoms with E-state index in [0.29, 0.717) is 5.52 Å². The van der Waals surface area contributed by atoms with Crippen LogP contribution in [0, 0.1) is 0 Å². The van der Waals surface area contributed by atoms with Crippen molar-refractivity contribution in [1.82, 2.24) is 10.2 Å². The fraction of sp³-hybridized carbons (Fsp3) is 0.333. The maximum Gasteiger partial charge on any atom is 0.573 e. The van der Waals surface area contributed by atoms with Gasteiger partial charge in [0.1, 0.15) is 5.75 Å². The number of rotatable bonds is 3. The van der Waals surface area contributed by atoms with Gasteiger partial charge in [-0.05, 0) is 32.0 Å². The van der Waals surface area contributed by atoms with Gasteiger partial charge in [-0.3, -0.25) is 5.10 Å². The molecule has 0 spiro atoms. The number of halogens is 3. The summed E-state index contributed by atoms with van der Waals surface area (Å²) in [4.78, 5) is 11.8. The summed E-state index contributed by atoms with van der Waals surface area (Å²) in [6.45, 7) is 3.32. The molecule has 0 saturated heterocycles. The van der Waals surface area contributed by atoms with E-state index < -0.39 is 18.1 Å². The lowest BCUT2D eigenvalue weighted by Gasteiger charge is -2.09. The van der Waals surface area contributed by atoms with Crippen molar-refractivity contribution in [1.29, 1.82) is 0 Å². The molecular weight excluding hydrogens is 277 g/mol. The van der Waals surface area contributed by atoms with Gasteiger partial charge in [-0.1, -0.05) is 0 Å². The Morgan fingerprint density at radius 2 is 2.05 bits per heavy atom. The number of fused-ring (bicyclic) bond motifs is 1. The number of ether oxygens (including phenoxy) is 2. The van der Waals surface area contributed by atoms with E-state index in [2.05, 4.69) is 14.9 Å². The summed E-state index contributed by atoms with van der Waals surface area (Å²) < 4.78 is 45.2. The highest BCUT2D eigenvalue weighted by molar-refractivity contribution is 6.02. The first-order valence-corrected chi connectivity index (χ1v) is 5.71. The van der Waals surface area contributed by atoms with Gasteiger partial charge in [-0.2, -0.15) is 5.10 Å². The van der Waals surface area contributed by atoms with Crippen LogP contribution in [0.1, 0.15) is 24.3 Å².